The van der Waals surface area contributed by atoms with Crippen molar-refractivity contribution in [1.29, 1.82) is 0 Å². The Labute approximate surface area is 260 Å². The molecule has 1 aromatic carbocycles. The van der Waals surface area contributed by atoms with Crippen LogP contribution in [0.2, 0.25) is 0 Å². The van der Waals surface area contributed by atoms with Gasteiger partial charge in [0.15, 0.2) is 11.6 Å². The summed E-state index contributed by atoms with van der Waals surface area (Å²) >= 11 is 11.6. The number of aromatic nitrogens is 2. The van der Waals surface area contributed by atoms with Gasteiger partial charge in [-0.05, 0) is 79.4 Å². The van der Waals surface area contributed by atoms with Crippen molar-refractivity contribution >= 4 is 77.3 Å². The predicted octanol–water partition coefficient (Wildman–Crippen LogP) is 12.8. The van der Waals surface area contributed by atoms with Crippen molar-refractivity contribution < 1.29 is 8.78 Å². The van der Waals surface area contributed by atoms with Gasteiger partial charge in [-0.2, -0.15) is 8.75 Å². The number of aryl methyl sites for hydroxylation is 2. The fourth-order valence-electron chi connectivity index (χ4n) is 5.00. The van der Waals surface area contributed by atoms with Gasteiger partial charge in [0.1, 0.15) is 11.0 Å². The van der Waals surface area contributed by atoms with Crippen LogP contribution in [0.25, 0.3) is 31.9 Å². The molecule has 0 fully saturated rings. The van der Waals surface area contributed by atoms with Gasteiger partial charge in [0.05, 0.1) is 21.5 Å². The molecule has 212 valence electrons. The normalized spacial score (nSPS) is 11.7. The van der Waals surface area contributed by atoms with Crippen LogP contribution in [0.3, 0.4) is 0 Å². The third kappa shape index (κ3) is 7.37. The van der Waals surface area contributed by atoms with E-state index >= 15 is 8.78 Å². The van der Waals surface area contributed by atoms with E-state index in [2.05, 4.69) is 65.2 Å². The van der Waals surface area contributed by atoms with Crippen LogP contribution in [-0.4, -0.2) is 8.75 Å². The second kappa shape index (κ2) is 15.5. The molecule has 0 spiro atoms. The molecule has 0 amide bonds. The molecule has 3 aromatic heterocycles. The number of halogens is 4. The molecular weight excluding hydrogens is 682 g/mol. The average Bonchev–Trinajstić information content (AvgIpc) is 3.65. The molecule has 2 nitrogen and oxygen atoms in total. The molecule has 0 aliphatic rings. The molecule has 0 aliphatic carbocycles. The van der Waals surface area contributed by atoms with Crippen LogP contribution in [0, 0.1) is 11.6 Å². The average molecular weight is 719 g/mol. The Bertz CT molecular complexity index is 1360. The molecule has 0 saturated carbocycles. The van der Waals surface area contributed by atoms with Crippen LogP contribution in [0.1, 0.15) is 102 Å². The van der Waals surface area contributed by atoms with E-state index in [1.165, 1.54) is 81.1 Å². The smallest absolute Gasteiger partial charge is 0.188 e. The number of fused-ring (bicyclic) bond motifs is 1. The lowest BCUT2D eigenvalue weighted by atomic mass is 9.99. The topological polar surface area (TPSA) is 25.8 Å². The van der Waals surface area contributed by atoms with Gasteiger partial charge in [-0.3, -0.25) is 0 Å². The molecule has 0 atom stereocenters. The van der Waals surface area contributed by atoms with Crippen LogP contribution in [0.4, 0.5) is 8.78 Å². The summed E-state index contributed by atoms with van der Waals surface area (Å²) in [6.07, 6.45) is 16.6. The number of hydrogen-bond acceptors (Lipinski definition) is 5. The standard InChI is InChI=1S/C30H36Br2F2N2S3/c1-3-5-7-9-11-13-15-19-17-37-29(23(19)31)21-22(27-28(36-39-35-27)26(34)25(21)33)30-24(32)20(18-38-30)16-14-12-10-8-6-4-2/h17-18H,3-16H2,1-2H3. The van der Waals surface area contributed by atoms with Crippen LogP contribution < -0.4 is 0 Å². The third-order valence-electron chi connectivity index (χ3n) is 7.25. The van der Waals surface area contributed by atoms with Gasteiger partial charge < -0.3 is 0 Å². The summed E-state index contributed by atoms with van der Waals surface area (Å²) in [6.45, 7) is 4.46. The van der Waals surface area contributed by atoms with Crippen LogP contribution in [-0.2, 0) is 12.8 Å². The highest BCUT2D eigenvalue weighted by Gasteiger charge is 2.29. The van der Waals surface area contributed by atoms with E-state index in [-0.39, 0.29) is 11.1 Å². The number of hydrogen-bond donors (Lipinski definition) is 0. The molecule has 0 radical (unpaired) electrons. The summed E-state index contributed by atoms with van der Waals surface area (Å²) in [7, 11) is 0. The van der Waals surface area contributed by atoms with Crippen molar-refractivity contribution in [3.63, 3.8) is 0 Å². The first-order valence-corrected chi connectivity index (χ1v) is 18.2. The number of unbranched alkanes of at least 4 members (excludes halogenated alkanes) is 10. The summed E-state index contributed by atoms with van der Waals surface area (Å²) in [5.74, 6) is -1.77. The monoisotopic (exact) mass is 716 g/mol. The second-order valence-electron chi connectivity index (χ2n) is 10.2. The summed E-state index contributed by atoms with van der Waals surface area (Å²) in [5.41, 5.74) is 3.73. The van der Waals surface area contributed by atoms with Crippen LogP contribution in [0.5, 0.6) is 0 Å². The van der Waals surface area contributed by atoms with E-state index in [1.54, 1.807) is 11.3 Å². The summed E-state index contributed by atoms with van der Waals surface area (Å²) in [6, 6.07) is 0. The fourth-order valence-corrected chi connectivity index (χ4v) is 9.52. The maximum atomic E-state index is 15.9. The molecule has 0 unspecified atom stereocenters. The molecule has 0 bridgehead atoms. The second-order valence-corrected chi connectivity index (χ2v) is 14.1. The Morgan fingerprint density at radius 2 is 1.08 bits per heavy atom. The molecule has 39 heavy (non-hydrogen) atoms. The van der Waals surface area contributed by atoms with E-state index in [0.29, 0.717) is 11.1 Å². The predicted molar refractivity (Wildman–Crippen MR) is 174 cm³/mol. The maximum absolute atomic E-state index is 15.9. The minimum absolute atomic E-state index is 0.00834. The van der Waals surface area contributed by atoms with Gasteiger partial charge in [0, 0.05) is 20.1 Å². The zero-order valence-corrected chi connectivity index (χ0v) is 28.3. The van der Waals surface area contributed by atoms with E-state index in [4.69, 9.17) is 0 Å². The summed E-state index contributed by atoms with van der Waals surface area (Å²) in [5, 5.41) is 4.24. The Balaban J connectivity index is 1.65. The zero-order valence-electron chi connectivity index (χ0n) is 22.7. The minimum atomic E-state index is -0.921. The number of rotatable bonds is 16. The first kappa shape index (κ1) is 31.2. The number of nitrogens with zero attached hydrogens (tertiary/aromatic N) is 2. The first-order valence-electron chi connectivity index (χ1n) is 14.1. The lowest BCUT2D eigenvalue weighted by Crippen LogP contribution is -1.97. The Kier molecular flexibility index (Phi) is 12.4. The molecule has 0 saturated heterocycles. The SMILES string of the molecule is CCCCCCCCc1csc(-c2c(F)c(F)c3nsnc3c2-c2scc(CCCCCCCC)c2Br)c1Br. The number of benzene rings is 1. The van der Waals surface area contributed by atoms with Gasteiger partial charge in [-0.15, -0.1) is 22.7 Å². The molecule has 3 heterocycles. The van der Waals surface area contributed by atoms with Crippen molar-refractivity contribution in [2.45, 2.75) is 104 Å². The highest BCUT2D eigenvalue weighted by Crippen LogP contribution is 2.50. The summed E-state index contributed by atoms with van der Waals surface area (Å²) in [4.78, 5) is 1.61. The van der Waals surface area contributed by atoms with Crippen molar-refractivity contribution in [2.75, 3.05) is 0 Å². The highest BCUT2D eigenvalue weighted by molar-refractivity contribution is 9.11. The Morgan fingerprint density at radius 3 is 1.62 bits per heavy atom. The molecule has 4 aromatic rings. The van der Waals surface area contributed by atoms with Gasteiger partial charge in [0.25, 0.3) is 0 Å². The quantitative estimate of drug-likeness (QED) is 0.108. The summed E-state index contributed by atoms with van der Waals surface area (Å²) < 4.78 is 41.6. The van der Waals surface area contributed by atoms with Gasteiger partial charge in [-0.1, -0.05) is 78.1 Å². The third-order valence-corrected chi connectivity index (χ3v) is 12.2. The minimum Gasteiger partial charge on any atom is -0.203 e. The van der Waals surface area contributed by atoms with Crippen LogP contribution >= 0.6 is 66.3 Å². The van der Waals surface area contributed by atoms with Gasteiger partial charge >= 0.3 is 0 Å². The van der Waals surface area contributed by atoms with E-state index in [9.17, 15) is 0 Å². The molecular formula is C30H36Br2F2N2S3. The number of thiophene rings is 2. The Hall–Kier alpha value is -0.740. The van der Waals surface area contributed by atoms with Gasteiger partial charge in [0.2, 0.25) is 0 Å². The first-order chi connectivity index (χ1) is 19.0. The Morgan fingerprint density at radius 1 is 0.615 bits per heavy atom. The maximum Gasteiger partial charge on any atom is 0.188 e. The van der Waals surface area contributed by atoms with E-state index < -0.39 is 11.6 Å². The molecule has 0 N–H and O–H groups in total. The zero-order chi connectivity index (χ0) is 27.8. The highest BCUT2D eigenvalue weighted by atomic mass is 79.9. The molecule has 9 heteroatoms. The lowest BCUT2D eigenvalue weighted by Gasteiger charge is -2.12. The van der Waals surface area contributed by atoms with Crippen molar-refractivity contribution in [3.05, 3.63) is 42.5 Å². The fraction of sp³-hybridized carbons (Fsp3) is 0.533. The van der Waals surface area contributed by atoms with Crippen LogP contribution in [0.15, 0.2) is 19.7 Å². The van der Waals surface area contributed by atoms with Crippen molar-refractivity contribution in [3.8, 4) is 20.9 Å². The molecule has 0 aliphatic heterocycles. The van der Waals surface area contributed by atoms with Crippen molar-refractivity contribution in [1.82, 2.24) is 8.75 Å². The van der Waals surface area contributed by atoms with Crippen molar-refractivity contribution in [2.24, 2.45) is 0 Å². The van der Waals surface area contributed by atoms with E-state index in [0.717, 1.165) is 61.7 Å². The van der Waals surface area contributed by atoms with E-state index in [1.807, 2.05) is 0 Å². The van der Waals surface area contributed by atoms with Gasteiger partial charge in [-0.25, -0.2) is 8.78 Å². The largest absolute Gasteiger partial charge is 0.203 e. The lowest BCUT2D eigenvalue weighted by molar-refractivity contribution is 0.519. The molecule has 4 rings (SSSR count).